The van der Waals surface area contributed by atoms with Crippen LogP contribution in [0.2, 0.25) is 0 Å². The molecule has 0 atom stereocenters. The van der Waals surface area contributed by atoms with Crippen molar-refractivity contribution in [1.29, 1.82) is 0 Å². The zero-order valence-corrected chi connectivity index (χ0v) is 16.6. The lowest BCUT2D eigenvalue weighted by molar-refractivity contribution is 0.0237. The molecule has 0 aliphatic carbocycles. The van der Waals surface area contributed by atoms with Gasteiger partial charge in [-0.25, -0.2) is 13.9 Å². The minimum Gasteiger partial charge on any atom is -0.444 e. The van der Waals surface area contributed by atoms with Crippen LogP contribution in [0.3, 0.4) is 0 Å². The van der Waals surface area contributed by atoms with E-state index >= 15 is 0 Å². The molecular weight excluding hydrogens is 347 g/mol. The first-order valence-electron chi connectivity index (χ1n) is 9.18. The van der Waals surface area contributed by atoms with Crippen LogP contribution in [0.25, 0.3) is 5.69 Å². The van der Waals surface area contributed by atoms with Crippen molar-refractivity contribution in [3.63, 3.8) is 0 Å². The molecule has 0 bridgehead atoms. The fraction of sp³-hybridized carbons (Fsp3) is 0.500. The number of rotatable bonds is 1. The number of halogens is 1. The molecule has 0 saturated carbocycles. The average Bonchev–Trinajstić information content (AvgIpc) is 2.74. The number of anilines is 1. The number of amides is 1. The molecule has 0 unspecified atom stereocenters. The smallest absolute Gasteiger partial charge is 0.410 e. The normalized spacial score (nSPS) is 14.7. The predicted molar refractivity (Wildman–Crippen MR) is 102 cm³/mol. The number of carbonyl (C=O) groups excluding carboxylic acids is 1. The summed E-state index contributed by atoms with van der Waals surface area (Å²) < 4.78 is 21.1. The number of nitrogens with zero attached hydrogens (tertiary/aromatic N) is 3. The van der Waals surface area contributed by atoms with Crippen molar-refractivity contribution in [3.8, 4) is 5.69 Å². The molecule has 7 heteroatoms. The van der Waals surface area contributed by atoms with Gasteiger partial charge in [0.2, 0.25) is 0 Å². The summed E-state index contributed by atoms with van der Waals surface area (Å²) in [5.74, 6) is 0.257. The Bertz CT molecular complexity index is 860. The van der Waals surface area contributed by atoms with Crippen molar-refractivity contribution in [3.05, 3.63) is 40.3 Å². The van der Waals surface area contributed by atoms with E-state index in [1.807, 2.05) is 20.8 Å². The van der Waals surface area contributed by atoms with E-state index in [1.165, 1.54) is 0 Å². The van der Waals surface area contributed by atoms with Gasteiger partial charge in [-0.05, 0) is 70.7 Å². The lowest BCUT2D eigenvalue weighted by atomic mass is 10.1. The number of aromatic nitrogens is 2. The van der Waals surface area contributed by atoms with Crippen LogP contribution in [0.5, 0.6) is 0 Å². The Morgan fingerprint density at radius 3 is 2.48 bits per heavy atom. The molecule has 0 saturated heterocycles. The zero-order chi connectivity index (χ0) is 19.9. The van der Waals surface area contributed by atoms with Gasteiger partial charge in [-0.1, -0.05) is 0 Å². The van der Waals surface area contributed by atoms with Gasteiger partial charge in [0.25, 0.3) is 0 Å². The van der Waals surface area contributed by atoms with Crippen molar-refractivity contribution in [2.45, 2.75) is 59.6 Å². The molecule has 1 aromatic carbocycles. The summed E-state index contributed by atoms with van der Waals surface area (Å²) in [5, 5.41) is 4.65. The molecule has 146 valence electrons. The first-order chi connectivity index (χ1) is 12.6. The van der Waals surface area contributed by atoms with Crippen LogP contribution in [0.1, 0.15) is 49.6 Å². The third-order valence-corrected chi connectivity index (χ3v) is 4.61. The summed E-state index contributed by atoms with van der Waals surface area (Å²) in [5.41, 5.74) is 9.35. The summed E-state index contributed by atoms with van der Waals surface area (Å²) in [6, 6.07) is 3.47. The predicted octanol–water partition coefficient (Wildman–Crippen LogP) is 3.89. The van der Waals surface area contributed by atoms with E-state index in [0.717, 1.165) is 29.8 Å². The Morgan fingerprint density at radius 1 is 1.26 bits per heavy atom. The van der Waals surface area contributed by atoms with Crippen molar-refractivity contribution < 1.29 is 13.9 Å². The number of nitrogens with two attached hydrogens (primary N) is 1. The van der Waals surface area contributed by atoms with Crippen molar-refractivity contribution in [2.75, 3.05) is 12.3 Å². The van der Waals surface area contributed by atoms with Gasteiger partial charge >= 0.3 is 6.09 Å². The molecule has 1 aliphatic heterocycles. The summed E-state index contributed by atoms with van der Waals surface area (Å²) in [7, 11) is 0. The Balaban J connectivity index is 1.94. The van der Waals surface area contributed by atoms with Crippen molar-refractivity contribution in [1.82, 2.24) is 14.7 Å². The molecule has 0 radical (unpaired) electrons. The van der Waals surface area contributed by atoms with Crippen molar-refractivity contribution >= 4 is 11.9 Å². The Morgan fingerprint density at radius 2 is 1.89 bits per heavy atom. The molecule has 2 heterocycles. The number of carbonyl (C=O) groups is 1. The summed E-state index contributed by atoms with van der Waals surface area (Å²) in [6.07, 6.45) is 1.16. The Labute approximate surface area is 159 Å². The van der Waals surface area contributed by atoms with Gasteiger partial charge in [0.15, 0.2) is 0 Å². The highest BCUT2D eigenvalue weighted by atomic mass is 19.1. The maximum absolute atomic E-state index is 14.0. The minimum absolute atomic E-state index is 0.220. The van der Waals surface area contributed by atoms with Crippen LogP contribution in [-0.2, 0) is 17.7 Å². The van der Waals surface area contributed by atoms with E-state index in [9.17, 15) is 9.18 Å². The standard InChI is InChI=1S/C20H27FN4O2/c1-12-9-14(10-13(2)17(12)21)25-18(22)15-11-24(8-6-7-16(15)23-25)19(26)27-20(3,4)5/h9-10H,6-8,11,22H2,1-5H3. The van der Waals surface area contributed by atoms with E-state index in [-0.39, 0.29) is 11.9 Å². The highest BCUT2D eigenvalue weighted by molar-refractivity contribution is 5.69. The second-order valence-electron chi connectivity index (χ2n) is 8.12. The topological polar surface area (TPSA) is 73.4 Å². The van der Waals surface area contributed by atoms with E-state index in [0.29, 0.717) is 30.0 Å². The largest absolute Gasteiger partial charge is 0.444 e. The monoisotopic (exact) mass is 374 g/mol. The number of hydrogen-bond donors (Lipinski definition) is 1. The van der Waals surface area contributed by atoms with Gasteiger partial charge in [0.1, 0.15) is 17.2 Å². The fourth-order valence-corrected chi connectivity index (χ4v) is 3.32. The van der Waals surface area contributed by atoms with Gasteiger partial charge in [0, 0.05) is 12.1 Å². The highest BCUT2D eigenvalue weighted by Gasteiger charge is 2.28. The summed E-state index contributed by atoms with van der Waals surface area (Å²) in [6.45, 7) is 9.94. The quantitative estimate of drug-likeness (QED) is 0.822. The van der Waals surface area contributed by atoms with E-state index < -0.39 is 5.60 Å². The van der Waals surface area contributed by atoms with Crippen molar-refractivity contribution in [2.24, 2.45) is 0 Å². The number of ether oxygens (including phenoxy) is 1. The maximum Gasteiger partial charge on any atom is 0.410 e. The molecule has 2 aromatic rings. The fourth-order valence-electron chi connectivity index (χ4n) is 3.32. The number of benzene rings is 1. The van der Waals surface area contributed by atoms with Crippen LogP contribution in [0.4, 0.5) is 15.0 Å². The molecule has 0 fully saturated rings. The molecule has 1 amide bonds. The van der Waals surface area contributed by atoms with E-state index in [1.54, 1.807) is 35.6 Å². The second-order valence-corrected chi connectivity index (χ2v) is 8.12. The number of fused-ring (bicyclic) bond motifs is 1. The van der Waals surface area contributed by atoms with Gasteiger partial charge in [-0.15, -0.1) is 0 Å². The second kappa shape index (κ2) is 6.87. The van der Waals surface area contributed by atoms with Gasteiger partial charge in [-0.3, -0.25) is 0 Å². The summed E-state index contributed by atoms with van der Waals surface area (Å²) >= 11 is 0. The van der Waals surface area contributed by atoms with Crippen LogP contribution in [0, 0.1) is 19.7 Å². The number of aryl methyl sites for hydroxylation is 3. The molecule has 1 aliphatic rings. The lowest BCUT2D eigenvalue weighted by Gasteiger charge is -2.26. The molecular formula is C20H27FN4O2. The molecule has 1 aromatic heterocycles. The minimum atomic E-state index is -0.550. The number of nitrogen functional groups attached to an aromatic ring is 1. The Kier molecular flexibility index (Phi) is 4.88. The molecule has 6 nitrogen and oxygen atoms in total. The molecule has 3 rings (SSSR count). The van der Waals surface area contributed by atoms with Crippen LogP contribution in [-0.4, -0.2) is 32.9 Å². The van der Waals surface area contributed by atoms with E-state index in [4.69, 9.17) is 10.5 Å². The molecule has 27 heavy (non-hydrogen) atoms. The third kappa shape index (κ3) is 3.91. The third-order valence-electron chi connectivity index (χ3n) is 4.61. The zero-order valence-electron chi connectivity index (χ0n) is 16.6. The van der Waals surface area contributed by atoms with Gasteiger partial charge in [-0.2, -0.15) is 5.10 Å². The van der Waals surface area contributed by atoms with Crippen LogP contribution >= 0.6 is 0 Å². The van der Waals surface area contributed by atoms with Crippen LogP contribution < -0.4 is 5.73 Å². The average molecular weight is 374 g/mol. The highest BCUT2D eigenvalue weighted by Crippen LogP contribution is 2.28. The van der Waals surface area contributed by atoms with Crippen LogP contribution in [0.15, 0.2) is 12.1 Å². The summed E-state index contributed by atoms with van der Waals surface area (Å²) in [4.78, 5) is 14.2. The molecule has 0 spiro atoms. The maximum atomic E-state index is 14.0. The van der Waals surface area contributed by atoms with E-state index in [2.05, 4.69) is 5.10 Å². The molecule has 2 N–H and O–H groups in total. The first-order valence-corrected chi connectivity index (χ1v) is 9.18. The first kappa shape index (κ1) is 19.2. The number of hydrogen-bond acceptors (Lipinski definition) is 4. The SMILES string of the molecule is Cc1cc(-n2nc3c(c2N)CN(C(=O)OC(C)(C)C)CCC3)cc(C)c1F. The van der Waals surface area contributed by atoms with Gasteiger partial charge in [0.05, 0.1) is 17.9 Å². The van der Waals surface area contributed by atoms with Gasteiger partial charge < -0.3 is 15.4 Å². The Hall–Kier alpha value is -2.57. The lowest BCUT2D eigenvalue weighted by Crippen LogP contribution is -2.36.